The first kappa shape index (κ1) is 13.4. The number of thiocarbonyl (C=S) groups is 1. The molecule has 3 N–H and O–H groups in total. The smallest absolute Gasteiger partial charge is 0.220 e. The maximum atomic E-state index is 11.5. The largest absolute Gasteiger partial charge is 0.389 e. The molecule has 0 bridgehead atoms. The molecule has 0 aromatic heterocycles. The predicted octanol–water partition coefficient (Wildman–Crippen LogP) is 1.43. The Kier molecular flexibility index (Phi) is 3.61. The van der Waals surface area contributed by atoms with Gasteiger partial charge < -0.3 is 16.0 Å². The number of nitrogens with zero attached hydrogens (tertiary/aromatic N) is 1. The lowest BCUT2D eigenvalue weighted by Gasteiger charge is -2.42. The van der Waals surface area contributed by atoms with E-state index in [2.05, 4.69) is 16.3 Å². The van der Waals surface area contributed by atoms with E-state index >= 15 is 0 Å². The number of carbonyl (C=O) groups excluding carboxylic acids is 1. The molecule has 2 heterocycles. The van der Waals surface area contributed by atoms with Gasteiger partial charge in [0.1, 0.15) is 4.99 Å². The van der Waals surface area contributed by atoms with Crippen LogP contribution in [0.2, 0.25) is 0 Å². The SMILES string of the molecule is NC(=S)c1ccccc1N1CCC2NC(=O)CCC2C1. The van der Waals surface area contributed by atoms with Gasteiger partial charge in [0.2, 0.25) is 5.91 Å². The van der Waals surface area contributed by atoms with E-state index in [4.69, 9.17) is 18.0 Å². The van der Waals surface area contributed by atoms with Crippen molar-refractivity contribution in [1.82, 2.24) is 5.32 Å². The van der Waals surface area contributed by atoms with E-state index in [9.17, 15) is 4.79 Å². The molecule has 0 saturated carbocycles. The van der Waals surface area contributed by atoms with Crippen LogP contribution in [0.4, 0.5) is 5.69 Å². The van der Waals surface area contributed by atoms with E-state index in [1.54, 1.807) is 0 Å². The number of nitrogens with one attached hydrogen (secondary N) is 1. The first-order valence-electron chi connectivity index (χ1n) is 7.08. The van der Waals surface area contributed by atoms with Crippen molar-refractivity contribution in [2.75, 3.05) is 18.0 Å². The van der Waals surface area contributed by atoms with Crippen molar-refractivity contribution >= 4 is 28.8 Å². The fourth-order valence-corrected chi connectivity index (χ4v) is 3.46. The van der Waals surface area contributed by atoms with Crippen LogP contribution in [0.15, 0.2) is 24.3 Å². The van der Waals surface area contributed by atoms with Crippen LogP contribution in [0.3, 0.4) is 0 Å². The van der Waals surface area contributed by atoms with Crippen LogP contribution in [0, 0.1) is 5.92 Å². The van der Waals surface area contributed by atoms with E-state index in [1.165, 1.54) is 0 Å². The van der Waals surface area contributed by atoms with E-state index in [1.807, 2.05) is 18.2 Å². The summed E-state index contributed by atoms with van der Waals surface area (Å²) in [5.74, 6) is 0.726. The second kappa shape index (κ2) is 5.40. The Labute approximate surface area is 124 Å². The third kappa shape index (κ3) is 2.50. The molecule has 2 saturated heterocycles. The second-order valence-electron chi connectivity index (χ2n) is 5.59. The monoisotopic (exact) mass is 289 g/mol. The Hall–Kier alpha value is -1.62. The van der Waals surface area contributed by atoms with Gasteiger partial charge in [-0.2, -0.15) is 0 Å². The Morgan fingerprint density at radius 1 is 1.35 bits per heavy atom. The summed E-state index contributed by atoms with van der Waals surface area (Å²) < 4.78 is 0. The van der Waals surface area contributed by atoms with Crippen LogP contribution in [-0.4, -0.2) is 30.0 Å². The number of para-hydroxylation sites is 1. The van der Waals surface area contributed by atoms with E-state index in [0.29, 0.717) is 23.4 Å². The van der Waals surface area contributed by atoms with Crippen LogP contribution in [0.1, 0.15) is 24.8 Å². The number of hydrogen-bond donors (Lipinski definition) is 2. The van der Waals surface area contributed by atoms with Crippen molar-refractivity contribution < 1.29 is 4.79 Å². The number of hydrogen-bond acceptors (Lipinski definition) is 3. The van der Waals surface area contributed by atoms with Crippen molar-refractivity contribution in [2.24, 2.45) is 11.7 Å². The van der Waals surface area contributed by atoms with Gasteiger partial charge in [-0.3, -0.25) is 4.79 Å². The quantitative estimate of drug-likeness (QED) is 0.809. The third-order valence-electron chi connectivity index (χ3n) is 4.33. The van der Waals surface area contributed by atoms with Gasteiger partial charge in [-0.15, -0.1) is 0 Å². The lowest BCUT2D eigenvalue weighted by atomic mass is 9.85. The zero-order chi connectivity index (χ0) is 14.1. The molecule has 106 valence electrons. The summed E-state index contributed by atoms with van der Waals surface area (Å²) in [6.45, 7) is 1.89. The van der Waals surface area contributed by atoms with Crippen molar-refractivity contribution in [3.05, 3.63) is 29.8 Å². The summed E-state index contributed by atoms with van der Waals surface area (Å²) >= 11 is 5.14. The average Bonchev–Trinajstić information content (AvgIpc) is 2.46. The van der Waals surface area contributed by atoms with Crippen molar-refractivity contribution in [1.29, 1.82) is 0 Å². The first-order chi connectivity index (χ1) is 9.65. The molecule has 5 heteroatoms. The van der Waals surface area contributed by atoms with Crippen LogP contribution < -0.4 is 16.0 Å². The maximum Gasteiger partial charge on any atom is 0.220 e. The normalized spacial score (nSPS) is 25.8. The molecule has 1 amide bonds. The predicted molar refractivity (Wildman–Crippen MR) is 83.8 cm³/mol. The molecule has 3 rings (SSSR count). The second-order valence-corrected chi connectivity index (χ2v) is 6.03. The fraction of sp³-hybridized carbons (Fsp3) is 0.467. The number of anilines is 1. The zero-order valence-electron chi connectivity index (χ0n) is 11.3. The fourth-order valence-electron chi connectivity index (χ4n) is 3.29. The minimum atomic E-state index is 0.197. The minimum absolute atomic E-state index is 0.197. The number of benzene rings is 1. The van der Waals surface area contributed by atoms with Crippen molar-refractivity contribution in [3.63, 3.8) is 0 Å². The van der Waals surface area contributed by atoms with Crippen molar-refractivity contribution in [2.45, 2.75) is 25.3 Å². The number of nitrogens with two attached hydrogens (primary N) is 1. The molecular formula is C15H19N3OS. The maximum absolute atomic E-state index is 11.5. The van der Waals surface area contributed by atoms with Gasteiger partial charge >= 0.3 is 0 Å². The van der Waals surface area contributed by atoms with E-state index < -0.39 is 0 Å². The molecule has 2 atom stereocenters. The topological polar surface area (TPSA) is 58.4 Å². The average molecular weight is 289 g/mol. The molecule has 2 aliphatic rings. The summed E-state index contributed by atoms with van der Waals surface area (Å²) in [7, 11) is 0. The first-order valence-corrected chi connectivity index (χ1v) is 7.49. The van der Waals surface area contributed by atoms with Crippen LogP contribution in [-0.2, 0) is 4.79 Å². The molecule has 2 fully saturated rings. The van der Waals surface area contributed by atoms with Crippen LogP contribution >= 0.6 is 12.2 Å². The van der Waals surface area contributed by atoms with Gasteiger partial charge in [0.15, 0.2) is 0 Å². The van der Waals surface area contributed by atoms with Gasteiger partial charge in [-0.05, 0) is 30.9 Å². The molecule has 2 aliphatic heterocycles. The Morgan fingerprint density at radius 2 is 2.15 bits per heavy atom. The summed E-state index contributed by atoms with van der Waals surface area (Å²) in [6.07, 6.45) is 2.61. The molecule has 0 radical (unpaired) electrons. The van der Waals surface area contributed by atoms with Crippen LogP contribution in [0.25, 0.3) is 0 Å². The lowest BCUT2D eigenvalue weighted by molar-refractivity contribution is -0.124. The van der Waals surface area contributed by atoms with E-state index in [0.717, 1.165) is 37.2 Å². The van der Waals surface area contributed by atoms with Gasteiger partial charge in [-0.25, -0.2) is 0 Å². The third-order valence-corrected chi connectivity index (χ3v) is 4.55. The van der Waals surface area contributed by atoms with Gasteiger partial charge in [-0.1, -0.05) is 24.4 Å². The lowest BCUT2D eigenvalue weighted by Crippen LogP contribution is -2.54. The van der Waals surface area contributed by atoms with Gasteiger partial charge in [0.05, 0.1) is 0 Å². The highest BCUT2D eigenvalue weighted by molar-refractivity contribution is 7.80. The highest BCUT2D eigenvalue weighted by Crippen LogP contribution is 2.30. The highest BCUT2D eigenvalue weighted by Gasteiger charge is 2.34. The summed E-state index contributed by atoms with van der Waals surface area (Å²) in [4.78, 5) is 14.3. The minimum Gasteiger partial charge on any atom is -0.389 e. The molecule has 20 heavy (non-hydrogen) atoms. The summed E-state index contributed by atoms with van der Waals surface area (Å²) in [5, 5.41) is 3.11. The molecular weight excluding hydrogens is 270 g/mol. The molecule has 1 aromatic rings. The number of carbonyl (C=O) groups is 1. The summed E-state index contributed by atoms with van der Waals surface area (Å²) in [6, 6.07) is 8.38. The number of amides is 1. The number of rotatable bonds is 2. The summed E-state index contributed by atoms with van der Waals surface area (Å²) in [5.41, 5.74) is 7.88. The molecule has 0 aliphatic carbocycles. The number of piperidine rings is 2. The van der Waals surface area contributed by atoms with E-state index in [-0.39, 0.29) is 5.91 Å². The highest BCUT2D eigenvalue weighted by atomic mass is 32.1. The Bertz CT molecular complexity index is 546. The molecule has 1 aromatic carbocycles. The van der Waals surface area contributed by atoms with Gasteiger partial charge in [0, 0.05) is 36.8 Å². The number of fused-ring (bicyclic) bond motifs is 1. The van der Waals surface area contributed by atoms with Crippen molar-refractivity contribution in [3.8, 4) is 0 Å². The Morgan fingerprint density at radius 3 is 2.95 bits per heavy atom. The van der Waals surface area contributed by atoms with Crippen LogP contribution in [0.5, 0.6) is 0 Å². The molecule has 0 spiro atoms. The Balaban J connectivity index is 1.80. The molecule has 4 nitrogen and oxygen atoms in total. The zero-order valence-corrected chi connectivity index (χ0v) is 12.2. The molecule has 2 unspecified atom stereocenters. The standard InChI is InChI=1S/C15H19N3OS/c16-15(20)11-3-1-2-4-13(11)18-8-7-12-10(9-18)5-6-14(19)17-12/h1-4,10,12H,5-9H2,(H2,16,20)(H,17,19). The van der Waals surface area contributed by atoms with Gasteiger partial charge in [0.25, 0.3) is 0 Å².